The summed E-state index contributed by atoms with van der Waals surface area (Å²) >= 11 is 0. The fourth-order valence-electron chi connectivity index (χ4n) is 7.21. The van der Waals surface area contributed by atoms with Crippen LogP contribution in [-0.2, 0) is 57.3 Å². The van der Waals surface area contributed by atoms with Crippen molar-refractivity contribution in [3.05, 3.63) is 170 Å². The van der Waals surface area contributed by atoms with Gasteiger partial charge in [0.25, 0.3) is 0 Å². The highest BCUT2D eigenvalue weighted by Gasteiger charge is 2.18. The first-order valence-corrected chi connectivity index (χ1v) is 31.0. The number of carbonyl (C=O) groups excluding carboxylic acids is 12. The van der Waals surface area contributed by atoms with E-state index in [1.165, 1.54) is 14.7 Å². The third-order valence-corrected chi connectivity index (χ3v) is 12.2. The highest BCUT2D eigenvalue weighted by molar-refractivity contribution is 5.94. The number of carbonyl (C=O) groups is 12. The number of rotatable bonds is 31. The van der Waals surface area contributed by atoms with Crippen molar-refractivity contribution < 1.29 is 95.4 Å². The molecular weight excluding hydrogens is 1260 g/mol. The fourth-order valence-corrected chi connectivity index (χ4v) is 7.21. The van der Waals surface area contributed by atoms with E-state index in [-0.39, 0.29) is 70.2 Å². The normalized spacial score (nSPS) is 10.3. The Hall–Kier alpha value is -11.3. The maximum absolute atomic E-state index is 12.2. The summed E-state index contributed by atoms with van der Waals surface area (Å²) in [6, 6.07) is 33.4. The number of esters is 8. The molecule has 0 saturated carbocycles. The summed E-state index contributed by atoms with van der Waals surface area (Å²) in [7, 11) is 4.86. The zero-order valence-electron chi connectivity index (χ0n) is 56.6. The van der Waals surface area contributed by atoms with E-state index in [0.717, 1.165) is 48.6 Å². The summed E-state index contributed by atoms with van der Waals surface area (Å²) in [5, 5.41) is 5.30. The van der Waals surface area contributed by atoms with Gasteiger partial charge in [-0.3, -0.25) is 0 Å². The molecule has 0 atom stereocenters. The Morgan fingerprint density at radius 3 is 0.897 bits per heavy atom. The topological polar surface area (TPSA) is 322 Å². The van der Waals surface area contributed by atoms with Gasteiger partial charge in [-0.15, -0.1) is 0 Å². The summed E-state index contributed by atoms with van der Waals surface area (Å²) in [4.78, 5) is 149. The number of nitrogens with zero attached hydrogens (tertiary/aromatic N) is 6. The number of likely N-dealkylation sites (N-methyl/N-ethyl adjacent to an activating group) is 3. The third kappa shape index (κ3) is 39.7. The van der Waals surface area contributed by atoms with Crippen LogP contribution in [0.4, 0.5) is 19.2 Å². The van der Waals surface area contributed by atoms with E-state index in [1.807, 2.05) is 48.5 Å². The quantitative estimate of drug-likeness (QED) is 0.0164. The van der Waals surface area contributed by atoms with Gasteiger partial charge < -0.3 is 77.9 Å². The lowest BCUT2D eigenvalue weighted by atomic mass is 10.3. The molecule has 0 aliphatic heterocycles. The number of para-hydroxylation sites is 4. The number of hydrogen-bond acceptors (Lipinski definition) is 20. The Bertz CT molecular complexity index is 3160. The monoisotopic (exact) mass is 1350 g/mol. The van der Waals surface area contributed by atoms with E-state index >= 15 is 0 Å². The molecule has 97 heavy (non-hydrogen) atoms. The van der Waals surface area contributed by atoms with Crippen molar-refractivity contribution in [2.45, 2.75) is 48.5 Å². The zero-order chi connectivity index (χ0) is 72.2. The number of amides is 8. The summed E-state index contributed by atoms with van der Waals surface area (Å²) in [6.07, 6.45) is 7.95. The molecule has 0 aliphatic rings. The third-order valence-electron chi connectivity index (χ3n) is 12.2. The van der Waals surface area contributed by atoms with Crippen LogP contribution in [0.3, 0.4) is 0 Å². The summed E-state index contributed by atoms with van der Waals surface area (Å²) < 4.78 is 39.7. The maximum Gasteiger partial charge on any atom is 0.336 e. The molecule has 0 aliphatic carbocycles. The number of urea groups is 4. The second-order valence-electron chi connectivity index (χ2n) is 19.4. The lowest BCUT2D eigenvalue weighted by Crippen LogP contribution is -2.44. The van der Waals surface area contributed by atoms with Crippen molar-refractivity contribution in [2.24, 2.45) is 0 Å². The first kappa shape index (κ1) is 83.7. The van der Waals surface area contributed by atoms with Gasteiger partial charge in [-0.25, -0.2) is 57.5 Å². The Morgan fingerprint density at radius 2 is 0.598 bits per heavy atom. The maximum atomic E-state index is 12.2. The average Bonchev–Trinajstić information content (AvgIpc) is 3.61. The van der Waals surface area contributed by atoms with Crippen molar-refractivity contribution in [3.8, 4) is 23.0 Å². The Morgan fingerprint density at radius 1 is 0.320 bits per heavy atom. The number of benzene rings is 4. The molecule has 526 valence electrons. The molecule has 0 fully saturated rings. The summed E-state index contributed by atoms with van der Waals surface area (Å²) in [5.41, 5.74) is 0. The molecule has 0 saturated heterocycles. The molecule has 0 heterocycles. The molecule has 0 bridgehead atoms. The number of ether oxygens (including phenoxy) is 8. The summed E-state index contributed by atoms with van der Waals surface area (Å²) in [5.74, 6) is -3.83. The predicted octanol–water partition coefficient (Wildman–Crippen LogP) is 7.27. The molecule has 28 heteroatoms. The van der Waals surface area contributed by atoms with Crippen molar-refractivity contribution in [1.29, 1.82) is 0 Å². The largest absolute Gasteiger partial charge is 0.461 e. The van der Waals surface area contributed by atoms with E-state index in [0.29, 0.717) is 75.4 Å². The molecule has 0 aromatic heterocycles. The summed E-state index contributed by atoms with van der Waals surface area (Å²) in [6.45, 7) is 18.3. The van der Waals surface area contributed by atoms with Crippen LogP contribution >= 0.6 is 0 Å². The van der Waals surface area contributed by atoms with Gasteiger partial charge in [-0.2, -0.15) is 0 Å². The minimum absolute atomic E-state index is 0.0178. The molecule has 8 amide bonds. The van der Waals surface area contributed by atoms with Gasteiger partial charge in [0, 0.05) is 116 Å². The van der Waals surface area contributed by atoms with E-state index in [2.05, 4.69) is 10.6 Å². The molecule has 2 N–H and O–H groups in total. The standard InChI is InChI=1S/C19H26N2O5.2C17H22N2O5.C16H20N2O5/c1-4-20(5-2)19(24)21(6-3)14-15-25-17(22)12-13-18(23)26-16-10-8-7-9-11-16;1-3-19(4-2)17(22)18-12-13-23-15(20)10-11-16(21)24-14-8-6-5-7-9-14;1-3-18-17(22)19(4-2)12-13-23-15(20)10-11-16(21)24-14-8-6-5-7-9-14;1-17(2)16(21)18(3)11-12-22-14(19)9-10-15(20)23-13-7-5-4-6-8-13/h7-13H,4-6,14-15H2,1-3H3;2*5-11H,3-4,12-13H2,1-2H3,(H,18,22);4-10H,11-12H2,1-3H3/b13-12+;2*11-10+;10-9+. The Balaban J connectivity index is 0.000000647. The molecule has 4 rings (SSSR count). The van der Waals surface area contributed by atoms with Crippen molar-refractivity contribution in [3.63, 3.8) is 0 Å². The lowest BCUT2D eigenvalue weighted by Gasteiger charge is -2.28. The Labute approximate surface area is 566 Å². The van der Waals surface area contributed by atoms with Crippen LogP contribution in [-0.4, -0.2) is 221 Å². The molecular formula is C69H90N8O20. The first-order chi connectivity index (χ1) is 46.5. The number of hydrogen-bond donors (Lipinski definition) is 2. The van der Waals surface area contributed by atoms with Gasteiger partial charge >= 0.3 is 71.9 Å². The molecule has 0 radical (unpaired) electrons. The van der Waals surface area contributed by atoms with Crippen LogP contribution in [0.2, 0.25) is 0 Å². The lowest BCUT2D eigenvalue weighted by molar-refractivity contribution is -0.139. The van der Waals surface area contributed by atoms with Gasteiger partial charge in [-0.1, -0.05) is 72.8 Å². The Kier molecular flexibility index (Phi) is 44.1. The van der Waals surface area contributed by atoms with Crippen molar-refractivity contribution in [2.75, 3.05) is 120 Å². The SMILES string of the molecule is CCN(CC)C(=O)N(CC)CCOC(=O)/C=C/C(=O)Oc1ccccc1.CCN(CC)C(=O)NCCOC(=O)/C=C/C(=O)Oc1ccccc1.CCNC(=O)N(CC)CCOC(=O)/C=C/C(=O)Oc1ccccc1.CN(C)C(=O)N(C)CCOC(=O)/C=C/C(=O)Oc1ccccc1. The highest BCUT2D eigenvalue weighted by Crippen LogP contribution is 2.12. The van der Waals surface area contributed by atoms with Crippen LogP contribution in [0.25, 0.3) is 0 Å². The molecule has 28 nitrogen and oxygen atoms in total. The number of nitrogens with one attached hydrogen (secondary N) is 2. The van der Waals surface area contributed by atoms with Crippen LogP contribution in [0.5, 0.6) is 23.0 Å². The van der Waals surface area contributed by atoms with Gasteiger partial charge in [0.15, 0.2) is 0 Å². The minimum atomic E-state index is -0.683. The van der Waals surface area contributed by atoms with E-state index in [4.69, 9.17) is 37.9 Å². The van der Waals surface area contributed by atoms with Crippen molar-refractivity contribution >= 4 is 71.9 Å². The van der Waals surface area contributed by atoms with Crippen LogP contribution in [0.15, 0.2) is 170 Å². The second kappa shape index (κ2) is 51.1. The van der Waals surface area contributed by atoms with Crippen LogP contribution in [0.1, 0.15) is 48.5 Å². The molecule has 4 aromatic rings. The van der Waals surface area contributed by atoms with Gasteiger partial charge in [0.2, 0.25) is 0 Å². The smallest absolute Gasteiger partial charge is 0.336 e. The fraction of sp³-hybridized carbons (Fsp3) is 0.362. The highest BCUT2D eigenvalue weighted by atomic mass is 16.6. The minimum Gasteiger partial charge on any atom is -0.461 e. The van der Waals surface area contributed by atoms with Crippen molar-refractivity contribution in [1.82, 2.24) is 40.0 Å². The molecule has 0 spiro atoms. The molecule has 0 unspecified atom stereocenters. The van der Waals surface area contributed by atoms with E-state index < -0.39 is 47.8 Å². The average molecular weight is 1350 g/mol. The molecule has 4 aromatic carbocycles. The van der Waals surface area contributed by atoms with Crippen LogP contribution < -0.4 is 29.6 Å². The van der Waals surface area contributed by atoms with Crippen LogP contribution in [0, 0.1) is 0 Å². The van der Waals surface area contributed by atoms with E-state index in [1.54, 1.807) is 157 Å². The van der Waals surface area contributed by atoms with Gasteiger partial charge in [0.05, 0.1) is 26.2 Å². The van der Waals surface area contributed by atoms with Gasteiger partial charge in [-0.05, 0) is 97.0 Å². The first-order valence-electron chi connectivity index (χ1n) is 31.0. The van der Waals surface area contributed by atoms with E-state index in [9.17, 15) is 57.5 Å². The van der Waals surface area contributed by atoms with Gasteiger partial charge in [0.1, 0.15) is 49.4 Å². The second-order valence-corrected chi connectivity index (χ2v) is 19.4. The zero-order valence-corrected chi connectivity index (χ0v) is 56.6. The predicted molar refractivity (Wildman–Crippen MR) is 359 cm³/mol.